The van der Waals surface area contributed by atoms with Crippen molar-refractivity contribution in [3.63, 3.8) is 0 Å². The van der Waals surface area contributed by atoms with Crippen LogP contribution in [0.25, 0.3) is 0 Å². The molecular formula is C33H31N3O3. The van der Waals surface area contributed by atoms with Crippen LogP contribution < -0.4 is 0 Å². The highest BCUT2D eigenvalue weighted by Crippen LogP contribution is 2.48. The summed E-state index contributed by atoms with van der Waals surface area (Å²) < 4.78 is 0. The summed E-state index contributed by atoms with van der Waals surface area (Å²) in [5.74, 6) is -1.10. The molecule has 0 aromatic heterocycles. The van der Waals surface area contributed by atoms with Crippen molar-refractivity contribution in [2.24, 2.45) is 0 Å². The van der Waals surface area contributed by atoms with Crippen molar-refractivity contribution in [1.29, 1.82) is 0 Å². The highest BCUT2D eigenvalue weighted by atomic mass is 16.4. The molecule has 6 rings (SSSR count). The monoisotopic (exact) mass is 517 g/mol. The topological polar surface area (TPSA) is 63.9 Å². The molecule has 0 saturated carbocycles. The van der Waals surface area contributed by atoms with Crippen LogP contribution in [0.1, 0.15) is 22.3 Å². The van der Waals surface area contributed by atoms with Crippen molar-refractivity contribution in [2.75, 3.05) is 19.8 Å². The molecule has 1 N–H and O–H groups in total. The van der Waals surface area contributed by atoms with Gasteiger partial charge in [-0.2, -0.15) is 0 Å². The summed E-state index contributed by atoms with van der Waals surface area (Å²) in [6, 6.07) is 39.5. The van der Waals surface area contributed by atoms with Crippen molar-refractivity contribution in [2.45, 2.75) is 24.2 Å². The maximum atomic E-state index is 14.1. The van der Waals surface area contributed by atoms with Crippen LogP contribution in [0.5, 0.6) is 0 Å². The Morgan fingerprint density at radius 3 is 1.59 bits per heavy atom. The van der Waals surface area contributed by atoms with Crippen LogP contribution in [-0.4, -0.2) is 63.5 Å². The molecule has 2 heterocycles. The molecule has 4 aromatic rings. The van der Waals surface area contributed by atoms with Crippen molar-refractivity contribution < 1.29 is 14.7 Å². The highest BCUT2D eigenvalue weighted by Gasteiger charge is 2.58. The number of carbonyl (C=O) groups is 2. The van der Waals surface area contributed by atoms with Gasteiger partial charge in [-0.15, -0.1) is 0 Å². The minimum atomic E-state index is -0.966. The second-order valence-corrected chi connectivity index (χ2v) is 10.3. The minimum Gasteiger partial charge on any atom is -0.480 e. The molecule has 1 amide bonds. The van der Waals surface area contributed by atoms with E-state index in [1.165, 1.54) is 0 Å². The summed E-state index contributed by atoms with van der Waals surface area (Å²) in [6.07, 6.45) is 0. The Bertz CT molecular complexity index is 1330. The Balaban J connectivity index is 1.35. The van der Waals surface area contributed by atoms with Crippen molar-refractivity contribution >= 4 is 11.9 Å². The molecule has 6 heteroatoms. The number of rotatable bonds is 8. The average molecular weight is 518 g/mol. The lowest BCUT2D eigenvalue weighted by molar-refractivity contribution is -0.148. The Morgan fingerprint density at radius 2 is 1.13 bits per heavy atom. The molecule has 39 heavy (non-hydrogen) atoms. The third-order valence-corrected chi connectivity index (χ3v) is 7.88. The molecular weight excluding hydrogens is 486 g/mol. The number of aliphatic carboxylic acids is 1. The molecule has 0 spiro atoms. The number of amides is 1. The lowest BCUT2D eigenvalue weighted by Gasteiger charge is -2.38. The summed E-state index contributed by atoms with van der Waals surface area (Å²) in [7, 11) is 0. The molecule has 196 valence electrons. The van der Waals surface area contributed by atoms with E-state index in [1.54, 1.807) is 4.90 Å². The van der Waals surface area contributed by atoms with Gasteiger partial charge in [0.05, 0.1) is 12.2 Å². The second-order valence-electron chi connectivity index (χ2n) is 10.3. The van der Waals surface area contributed by atoms with Gasteiger partial charge < -0.3 is 10.0 Å². The lowest BCUT2D eigenvalue weighted by atomic mass is 9.76. The first-order valence-corrected chi connectivity index (χ1v) is 13.3. The maximum absolute atomic E-state index is 14.1. The average Bonchev–Trinajstić information content (AvgIpc) is 3.67. The molecule has 0 radical (unpaired) electrons. The van der Waals surface area contributed by atoms with Crippen LogP contribution in [0.4, 0.5) is 0 Å². The molecule has 2 aliphatic rings. The third-order valence-electron chi connectivity index (χ3n) is 7.88. The number of hydrogen-bond acceptors (Lipinski definition) is 4. The van der Waals surface area contributed by atoms with Gasteiger partial charge in [0.15, 0.2) is 0 Å². The molecule has 0 bridgehead atoms. The van der Waals surface area contributed by atoms with Crippen molar-refractivity contribution in [3.8, 4) is 0 Å². The Labute approximate surface area is 228 Å². The lowest BCUT2D eigenvalue weighted by Crippen LogP contribution is -2.47. The number of carboxylic acid groups (broad SMARTS) is 1. The Kier molecular flexibility index (Phi) is 6.73. The molecule has 3 atom stereocenters. The van der Waals surface area contributed by atoms with E-state index in [-0.39, 0.29) is 5.91 Å². The molecule has 2 saturated heterocycles. The van der Waals surface area contributed by atoms with Gasteiger partial charge >= 0.3 is 5.97 Å². The molecule has 6 nitrogen and oxygen atoms in total. The maximum Gasteiger partial charge on any atom is 0.327 e. The second kappa shape index (κ2) is 10.5. The van der Waals surface area contributed by atoms with Gasteiger partial charge in [-0.1, -0.05) is 121 Å². The quantitative estimate of drug-likeness (QED) is 0.277. The molecule has 2 fully saturated rings. The van der Waals surface area contributed by atoms with Gasteiger partial charge in [0.25, 0.3) is 0 Å². The van der Waals surface area contributed by atoms with E-state index in [9.17, 15) is 14.7 Å². The van der Waals surface area contributed by atoms with E-state index in [4.69, 9.17) is 0 Å². The van der Waals surface area contributed by atoms with Gasteiger partial charge in [0.2, 0.25) is 5.91 Å². The van der Waals surface area contributed by atoms with Crippen LogP contribution in [0.3, 0.4) is 0 Å². The van der Waals surface area contributed by atoms with Gasteiger partial charge in [-0.25, -0.2) is 4.79 Å². The SMILES string of the molecule is O=C(O)[C@H]1CN(Cc2ccccc2)CN1C(=O)C1CN1C(c1ccccc1)(c1ccccc1)c1ccccc1. The number of carbonyl (C=O) groups excluding carboxylic acids is 1. The van der Waals surface area contributed by atoms with Gasteiger partial charge in [0.1, 0.15) is 12.1 Å². The largest absolute Gasteiger partial charge is 0.480 e. The highest BCUT2D eigenvalue weighted by molar-refractivity contribution is 5.90. The van der Waals surface area contributed by atoms with Crippen LogP contribution in [0.15, 0.2) is 121 Å². The summed E-state index contributed by atoms with van der Waals surface area (Å²) >= 11 is 0. The number of hydrogen-bond donors (Lipinski definition) is 1. The first-order chi connectivity index (χ1) is 19.1. The van der Waals surface area contributed by atoms with E-state index in [0.29, 0.717) is 26.3 Å². The fourth-order valence-corrected chi connectivity index (χ4v) is 6.05. The van der Waals surface area contributed by atoms with Crippen LogP contribution >= 0.6 is 0 Å². The summed E-state index contributed by atoms with van der Waals surface area (Å²) in [5.41, 5.74) is 3.62. The van der Waals surface area contributed by atoms with Crippen molar-refractivity contribution in [1.82, 2.24) is 14.7 Å². The molecule has 0 aliphatic carbocycles. The zero-order chi connectivity index (χ0) is 26.8. The van der Waals surface area contributed by atoms with Crippen LogP contribution in [0.2, 0.25) is 0 Å². The smallest absolute Gasteiger partial charge is 0.327 e. The van der Waals surface area contributed by atoms with E-state index in [0.717, 1.165) is 22.3 Å². The first kappa shape index (κ1) is 25.0. The third kappa shape index (κ3) is 4.62. The zero-order valence-corrected chi connectivity index (χ0v) is 21.6. The van der Waals surface area contributed by atoms with E-state index in [2.05, 4.69) is 41.3 Å². The number of nitrogens with zero attached hydrogens (tertiary/aromatic N) is 3. The number of benzene rings is 4. The minimum absolute atomic E-state index is 0.134. The standard InChI is InChI=1S/C33H31N3O3/c37-31(35-24-34(22-30(35)32(38)39)21-25-13-5-1-6-14-25)29-23-36(29)33(26-15-7-2-8-16-26,27-17-9-3-10-18-27)28-19-11-4-12-20-28/h1-20,29-30H,21-24H2,(H,38,39)/t29?,30-,36?/m1/s1. The van der Waals surface area contributed by atoms with E-state index >= 15 is 0 Å². The summed E-state index contributed by atoms with van der Waals surface area (Å²) in [5, 5.41) is 10.0. The van der Waals surface area contributed by atoms with Gasteiger partial charge in [-0.05, 0) is 22.3 Å². The molecule has 2 unspecified atom stereocenters. The molecule has 2 aliphatic heterocycles. The normalized spacial score (nSPS) is 21.0. The fourth-order valence-electron chi connectivity index (χ4n) is 6.05. The van der Waals surface area contributed by atoms with Crippen LogP contribution in [-0.2, 0) is 21.7 Å². The van der Waals surface area contributed by atoms with Gasteiger partial charge in [-0.3, -0.25) is 14.6 Å². The fraction of sp³-hybridized carbons (Fsp3) is 0.212. The first-order valence-electron chi connectivity index (χ1n) is 13.3. The van der Waals surface area contributed by atoms with Gasteiger partial charge in [0, 0.05) is 19.6 Å². The molecule has 4 aromatic carbocycles. The van der Waals surface area contributed by atoms with Crippen LogP contribution in [0, 0.1) is 0 Å². The Morgan fingerprint density at radius 1 is 0.667 bits per heavy atom. The van der Waals surface area contributed by atoms with Crippen molar-refractivity contribution in [3.05, 3.63) is 144 Å². The number of carboxylic acids is 1. The Hall–Kier alpha value is -4.26. The summed E-state index contributed by atoms with van der Waals surface area (Å²) in [6.45, 7) is 1.75. The predicted molar refractivity (Wildman–Crippen MR) is 150 cm³/mol. The van der Waals surface area contributed by atoms with E-state index in [1.807, 2.05) is 89.8 Å². The zero-order valence-electron chi connectivity index (χ0n) is 21.6. The predicted octanol–water partition coefficient (Wildman–Crippen LogP) is 4.42. The summed E-state index contributed by atoms with van der Waals surface area (Å²) in [4.78, 5) is 32.1. The van der Waals surface area contributed by atoms with E-state index < -0.39 is 23.6 Å².